The van der Waals surface area contributed by atoms with E-state index in [-0.39, 0.29) is 12.5 Å². The highest BCUT2D eigenvalue weighted by Gasteiger charge is 2.34. The van der Waals surface area contributed by atoms with Crippen LogP contribution in [0.2, 0.25) is 0 Å². The van der Waals surface area contributed by atoms with Crippen LogP contribution in [-0.4, -0.2) is 39.8 Å². The molecule has 1 unspecified atom stereocenters. The van der Waals surface area contributed by atoms with Crippen molar-refractivity contribution in [3.8, 4) is 5.75 Å². The van der Waals surface area contributed by atoms with Gasteiger partial charge in [-0.2, -0.15) is 19.2 Å². The maximum atomic E-state index is 12.6. The number of amides is 1. The van der Waals surface area contributed by atoms with Gasteiger partial charge in [-0.3, -0.25) is 4.79 Å². The Morgan fingerprint density at radius 2 is 1.45 bits per heavy atom. The molecule has 1 amide bonds. The monoisotopic (exact) mass is 582 g/mol. The molecule has 0 fully saturated rings. The Labute approximate surface area is 244 Å². The van der Waals surface area contributed by atoms with Gasteiger partial charge in [0.15, 0.2) is 0 Å². The second-order valence-corrected chi connectivity index (χ2v) is 12.6. The van der Waals surface area contributed by atoms with Gasteiger partial charge >= 0.3 is 8.17 Å². The van der Waals surface area contributed by atoms with Crippen molar-refractivity contribution in [3.05, 3.63) is 42.0 Å². The van der Waals surface area contributed by atoms with E-state index in [0.717, 1.165) is 43.4 Å². The molecule has 0 aromatic heterocycles. The fraction of sp³-hybridized carbons (Fsp3) is 0.719. The molecular weight excluding hydrogens is 525 g/mol. The molecule has 8 heteroatoms. The summed E-state index contributed by atoms with van der Waals surface area (Å²) < 4.78 is 10.6. The molecule has 0 saturated carbocycles. The van der Waals surface area contributed by atoms with Gasteiger partial charge in [0.25, 0.3) is 0 Å². The van der Waals surface area contributed by atoms with Crippen LogP contribution in [0.15, 0.2) is 36.4 Å². The average molecular weight is 583 g/mol. The number of carbonyl (C=O) groups is 1. The fourth-order valence-electron chi connectivity index (χ4n) is 4.42. The summed E-state index contributed by atoms with van der Waals surface area (Å²) in [6.07, 6.45) is 22.2. The second kappa shape index (κ2) is 23.1. The normalized spacial score (nSPS) is 12.8. The average Bonchev–Trinajstić information content (AvgIpc) is 2.90. The minimum Gasteiger partial charge on any atom is -0.494 e. The predicted octanol–water partition coefficient (Wildman–Crippen LogP) is 7.85. The van der Waals surface area contributed by atoms with E-state index in [9.17, 15) is 19.5 Å². The maximum absolute atomic E-state index is 12.6. The maximum Gasteiger partial charge on any atom is 0.567 e. The van der Waals surface area contributed by atoms with Gasteiger partial charge in [-0.1, -0.05) is 96.4 Å². The van der Waals surface area contributed by atoms with Crippen molar-refractivity contribution in [2.24, 2.45) is 5.92 Å². The SMILES string of the molecule is CCCCCCCC/C=C\CCCCCCCC(=O)NC(CO[P+](O)(O)O)Cc1ccc(OCCC(C)C)cc1. The lowest BCUT2D eigenvalue weighted by atomic mass is 10.1. The zero-order valence-corrected chi connectivity index (χ0v) is 26.3. The highest BCUT2D eigenvalue weighted by molar-refractivity contribution is 7.53. The first-order valence-corrected chi connectivity index (χ1v) is 17.1. The van der Waals surface area contributed by atoms with Gasteiger partial charge in [-0.25, -0.2) is 0 Å². The molecular formula is C32H57NO6P+. The number of hydrogen-bond donors (Lipinski definition) is 4. The van der Waals surface area contributed by atoms with Crippen LogP contribution in [0.4, 0.5) is 0 Å². The third-order valence-electron chi connectivity index (χ3n) is 6.85. The summed E-state index contributed by atoms with van der Waals surface area (Å²) >= 11 is 0. The summed E-state index contributed by atoms with van der Waals surface area (Å²) in [5.41, 5.74) is 0.948. The van der Waals surface area contributed by atoms with Gasteiger partial charge in [-0.15, -0.1) is 0 Å². The largest absolute Gasteiger partial charge is 0.567 e. The van der Waals surface area contributed by atoms with E-state index in [1.54, 1.807) is 0 Å². The van der Waals surface area contributed by atoms with Crippen LogP contribution in [-0.2, 0) is 15.7 Å². The van der Waals surface area contributed by atoms with Crippen LogP contribution >= 0.6 is 8.17 Å². The van der Waals surface area contributed by atoms with Crippen LogP contribution in [0.25, 0.3) is 0 Å². The molecule has 40 heavy (non-hydrogen) atoms. The Morgan fingerprint density at radius 1 is 0.875 bits per heavy atom. The third-order valence-corrected chi connectivity index (χ3v) is 7.34. The van der Waals surface area contributed by atoms with Crippen molar-refractivity contribution >= 4 is 14.1 Å². The van der Waals surface area contributed by atoms with E-state index >= 15 is 0 Å². The highest BCUT2D eigenvalue weighted by Crippen LogP contribution is 2.45. The molecule has 0 saturated heterocycles. The summed E-state index contributed by atoms with van der Waals surface area (Å²) in [6.45, 7) is 7.03. The molecule has 4 N–H and O–H groups in total. The Kier molecular flexibility index (Phi) is 21.1. The summed E-state index contributed by atoms with van der Waals surface area (Å²) in [6, 6.07) is 7.14. The van der Waals surface area contributed by atoms with Crippen LogP contribution in [0.1, 0.15) is 123 Å². The summed E-state index contributed by atoms with van der Waals surface area (Å²) in [5, 5.41) is 2.93. The molecule has 0 aliphatic rings. The van der Waals surface area contributed by atoms with Crippen LogP contribution in [0, 0.1) is 5.92 Å². The molecule has 0 heterocycles. The lowest BCUT2D eigenvalue weighted by Gasteiger charge is -2.18. The minimum atomic E-state index is -4.38. The first-order valence-electron chi connectivity index (χ1n) is 15.6. The lowest BCUT2D eigenvalue weighted by Crippen LogP contribution is -2.39. The topological polar surface area (TPSA) is 108 Å². The van der Waals surface area contributed by atoms with Crippen LogP contribution < -0.4 is 10.1 Å². The van der Waals surface area contributed by atoms with E-state index < -0.39 is 14.2 Å². The van der Waals surface area contributed by atoms with E-state index in [0.29, 0.717) is 25.4 Å². The minimum absolute atomic E-state index is 0.0994. The van der Waals surface area contributed by atoms with Gasteiger partial charge in [0.05, 0.1) is 12.6 Å². The Hall–Kier alpha value is -1.50. The first-order chi connectivity index (χ1) is 19.2. The number of allylic oxidation sites excluding steroid dienone is 2. The summed E-state index contributed by atoms with van der Waals surface area (Å²) in [7, 11) is -4.38. The number of carbonyl (C=O) groups excluding carboxylic acids is 1. The molecule has 1 rings (SSSR count). The van der Waals surface area contributed by atoms with E-state index in [4.69, 9.17) is 9.26 Å². The number of nitrogens with one attached hydrogen (secondary N) is 1. The molecule has 0 aliphatic carbocycles. The molecule has 7 nitrogen and oxygen atoms in total. The predicted molar refractivity (Wildman–Crippen MR) is 166 cm³/mol. The smallest absolute Gasteiger partial charge is 0.494 e. The lowest BCUT2D eigenvalue weighted by molar-refractivity contribution is -0.122. The zero-order chi connectivity index (χ0) is 29.5. The van der Waals surface area contributed by atoms with E-state index in [1.165, 1.54) is 57.8 Å². The Balaban J connectivity index is 2.27. The van der Waals surface area contributed by atoms with Crippen molar-refractivity contribution in [2.75, 3.05) is 13.2 Å². The van der Waals surface area contributed by atoms with Crippen LogP contribution in [0.5, 0.6) is 5.75 Å². The molecule has 1 aromatic carbocycles. The molecule has 230 valence electrons. The number of unbranched alkanes of at least 4 members (excludes halogenated alkanes) is 11. The Morgan fingerprint density at radius 3 is 2.02 bits per heavy atom. The van der Waals surface area contributed by atoms with Crippen LogP contribution in [0.3, 0.4) is 0 Å². The van der Waals surface area contributed by atoms with E-state index in [2.05, 4.69) is 38.2 Å². The summed E-state index contributed by atoms with van der Waals surface area (Å²) in [5.74, 6) is 1.27. The summed E-state index contributed by atoms with van der Waals surface area (Å²) in [4.78, 5) is 40.3. The second-order valence-electron chi connectivity index (χ2n) is 11.3. The fourth-order valence-corrected chi connectivity index (χ4v) is 4.80. The molecule has 1 atom stereocenters. The van der Waals surface area contributed by atoms with Gasteiger partial charge in [0.2, 0.25) is 5.91 Å². The van der Waals surface area contributed by atoms with E-state index in [1.807, 2.05) is 24.3 Å². The first kappa shape index (κ1) is 36.5. The van der Waals surface area contributed by atoms with Crippen molar-refractivity contribution < 1.29 is 28.7 Å². The van der Waals surface area contributed by atoms with Crippen molar-refractivity contribution in [1.29, 1.82) is 0 Å². The highest BCUT2D eigenvalue weighted by atomic mass is 31.2. The number of ether oxygens (including phenoxy) is 1. The molecule has 0 radical (unpaired) electrons. The van der Waals surface area contributed by atoms with Gasteiger partial charge in [-0.05, 0) is 68.6 Å². The Bertz CT molecular complexity index is 779. The van der Waals surface area contributed by atoms with Crippen molar-refractivity contribution in [1.82, 2.24) is 5.32 Å². The number of hydrogen-bond acceptors (Lipinski definition) is 6. The quantitative estimate of drug-likeness (QED) is 0.0531. The molecule has 1 aromatic rings. The third kappa shape index (κ3) is 22.2. The molecule has 0 aliphatic heterocycles. The zero-order valence-electron chi connectivity index (χ0n) is 25.4. The number of rotatable bonds is 25. The standard InChI is InChI=1S/C32H56NO6P/c1-4-5-6-7-8-9-10-11-12-13-14-15-16-17-18-19-32(34)33-30(27-39-40(35,36)37)26-29-20-22-31(23-21-29)38-25-24-28(2)3/h11-12,20-23,28,30,35-37H,4-10,13-19,24-27H2,1-3H3/p+1/b12-11-. The van der Waals surface area contributed by atoms with Crippen molar-refractivity contribution in [2.45, 2.75) is 130 Å². The number of benzene rings is 1. The van der Waals surface area contributed by atoms with Gasteiger partial charge < -0.3 is 10.1 Å². The molecule has 0 bridgehead atoms. The van der Waals surface area contributed by atoms with Gasteiger partial charge in [0, 0.05) is 6.42 Å². The molecule has 0 spiro atoms. The van der Waals surface area contributed by atoms with Crippen molar-refractivity contribution in [3.63, 3.8) is 0 Å². The van der Waals surface area contributed by atoms with Gasteiger partial charge in [0.1, 0.15) is 12.4 Å².